The first-order valence-electron chi connectivity index (χ1n) is 12.9. The van der Waals surface area contributed by atoms with E-state index in [4.69, 9.17) is 0 Å². The third-order valence-electron chi connectivity index (χ3n) is 8.31. The fourth-order valence-electron chi connectivity index (χ4n) is 6.40. The highest BCUT2D eigenvalue weighted by atomic mass is 32.1. The summed E-state index contributed by atoms with van der Waals surface area (Å²) in [5.74, 6) is -5.39. The number of piperidine rings is 1. The molecule has 1 amide bonds. The van der Waals surface area contributed by atoms with Crippen molar-refractivity contribution in [3.05, 3.63) is 98.9 Å². The summed E-state index contributed by atoms with van der Waals surface area (Å²) in [5, 5.41) is 12.0. The molecule has 40 heavy (non-hydrogen) atoms. The van der Waals surface area contributed by atoms with Crippen molar-refractivity contribution in [2.24, 2.45) is 5.92 Å². The van der Waals surface area contributed by atoms with Gasteiger partial charge in [-0.05, 0) is 52.1 Å². The molecular formula is C32H22F3NO3S. The molecule has 0 saturated carbocycles. The zero-order valence-corrected chi connectivity index (χ0v) is 22.3. The van der Waals surface area contributed by atoms with Crippen LogP contribution in [0.5, 0.6) is 0 Å². The number of fused-ring (bicyclic) bond motifs is 7. The number of carbonyl (C=O) groups excluding carboxylic acids is 2. The molecule has 2 aliphatic carbocycles. The number of Topliss-reactive ketones (excluding diaryl/α,β-unsaturated/α-hetero) is 1. The van der Waals surface area contributed by atoms with Gasteiger partial charge in [0.25, 0.3) is 5.91 Å². The molecule has 0 spiro atoms. The highest BCUT2D eigenvalue weighted by Crippen LogP contribution is 2.50. The third-order valence-corrected chi connectivity index (χ3v) is 9.51. The van der Waals surface area contributed by atoms with Crippen LogP contribution in [0.25, 0.3) is 33.0 Å². The fraction of sp³-hybridized carbons (Fsp3) is 0.188. The molecule has 1 saturated heterocycles. The maximum Gasteiger partial charge on any atom is 0.449 e. The Bertz CT molecular complexity index is 1970. The van der Waals surface area contributed by atoms with Crippen molar-refractivity contribution in [2.45, 2.75) is 31.9 Å². The molecule has 0 radical (unpaired) electrons. The van der Waals surface area contributed by atoms with Crippen molar-refractivity contribution in [1.82, 2.24) is 0 Å². The van der Waals surface area contributed by atoms with Gasteiger partial charge in [0.15, 0.2) is 5.78 Å². The zero-order valence-electron chi connectivity index (χ0n) is 21.5. The summed E-state index contributed by atoms with van der Waals surface area (Å²) >= 11 is 1.40. The largest absolute Gasteiger partial charge is 0.504 e. The van der Waals surface area contributed by atoms with Crippen LogP contribution in [0, 0.1) is 5.92 Å². The van der Waals surface area contributed by atoms with Gasteiger partial charge in [-0.2, -0.15) is 13.2 Å². The Morgan fingerprint density at radius 3 is 2.45 bits per heavy atom. The van der Waals surface area contributed by atoms with Crippen LogP contribution >= 0.6 is 11.3 Å². The van der Waals surface area contributed by atoms with Crippen LogP contribution < -0.4 is 14.7 Å². The molecule has 0 bridgehead atoms. The first kappa shape index (κ1) is 24.8. The molecule has 1 unspecified atom stereocenters. The number of allylic oxidation sites excluding steroid dienone is 1. The molecule has 4 aromatic rings. The number of nitrogens with zero attached hydrogens (tertiary/aromatic N) is 1. The number of anilines is 1. The summed E-state index contributed by atoms with van der Waals surface area (Å²) in [6, 6.07) is 21.1. The number of amides is 1. The van der Waals surface area contributed by atoms with Gasteiger partial charge in [-0.15, -0.1) is 11.3 Å². The highest BCUT2D eigenvalue weighted by molar-refractivity contribution is 7.17. The minimum absolute atomic E-state index is 0.113. The molecule has 2 heterocycles. The lowest BCUT2D eigenvalue weighted by Crippen LogP contribution is -2.50. The molecule has 1 atom stereocenters. The Morgan fingerprint density at radius 1 is 0.975 bits per heavy atom. The fourth-order valence-corrected chi connectivity index (χ4v) is 7.70. The predicted molar refractivity (Wildman–Crippen MR) is 149 cm³/mol. The van der Waals surface area contributed by atoms with E-state index in [1.807, 2.05) is 66.7 Å². The highest BCUT2D eigenvalue weighted by Gasteiger charge is 2.50. The number of hydrogen-bond donors (Lipinski definition) is 1. The van der Waals surface area contributed by atoms with E-state index >= 15 is 0 Å². The molecular weight excluding hydrogens is 535 g/mol. The molecule has 1 aliphatic heterocycles. The van der Waals surface area contributed by atoms with Gasteiger partial charge in [-0.1, -0.05) is 68.5 Å². The Kier molecular flexibility index (Phi) is 5.08. The van der Waals surface area contributed by atoms with E-state index in [0.29, 0.717) is 15.9 Å². The van der Waals surface area contributed by atoms with Gasteiger partial charge in [-0.25, -0.2) is 0 Å². The van der Waals surface area contributed by atoms with E-state index in [9.17, 15) is 27.9 Å². The third kappa shape index (κ3) is 3.26. The van der Waals surface area contributed by atoms with Gasteiger partial charge in [0.05, 0.1) is 16.1 Å². The van der Waals surface area contributed by atoms with Crippen LogP contribution in [-0.4, -0.2) is 23.0 Å². The SMILES string of the molecule is CC1(C)c2ccccc2-c2ccc(N3C(=O)C(=C(O)C(F)(F)F)C(=O)C4CC=c5c(sc6ccccc56)=C43)cc21. The van der Waals surface area contributed by atoms with E-state index in [1.165, 1.54) is 16.2 Å². The number of rotatable bonds is 1. The Hall–Kier alpha value is -4.17. The maximum absolute atomic E-state index is 13.9. The van der Waals surface area contributed by atoms with Crippen molar-refractivity contribution >= 4 is 50.6 Å². The summed E-state index contributed by atoms with van der Waals surface area (Å²) < 4.78 is 42.7. The molecule has 8 heteroatoms. The number of aliphatic hydroxyl groups is 1. The van der Waals surface area contributed by atoms with Crippen LogP contribution in [0.2, 0.25) is 0 Å². The lowest BCUT2D eigenvalue weighted by molar-refractivity contribution is -0.133. The van der Waals surface area contributed by atoms with Crippen molar-refractivity contribution in [3.8, 4) is 11.1 Å². The molecule has 3 aliphatic rings. The standard InChI is InChI=1S/C32H22F3NO3S/c1-31(2)22-9-5-3-7-17(22)18-12-11-16(15-23(18)31)36-26-21(27(37)25(30(36)39)29(38)32(33,34)35)14-13-20-19-8-4-6-10-24(19)40-28(20)26/h3-13,15,21,38H,14H2,1-2H3. The predicted octanol–water partition coefficient (Wildman–Crippen LogP) is 6.11. The monoisotopic (exact) mass is 557 g/mol. The summed E-state index contributed by atoms with van der Waals surface area (Å²) in [6.07, 6.45) is -3.28. The Morgan fingerprint density at radius 2 is 1.68 bits per heavy atom. The number of carbonyl (C=O) groups is 2. The van der Waals surface area contributed by atoms with E-state index in [1.54, 1.807) is 6.07 Å². The Labute approximate surface area is 231 Å². The van der Waals surface area contributed by atoms with Crippen LogP contribution in [0.15, 0.2) is 78.1 Å². The first-order chi connectivity index (χ1) is 19.0. The van der Waals surface area contributed by atoms with Crippen molar-refractivity contribution in [1.29, 1.82) is 0 Å². The lowest BCUT2D eigenvalue weighted by atomic mass is 9.81. The van der Waals surface area contributed by atoms with Crippen molar-refractivity contribution in [2.75, 3.05) is 4.90 Å². The number of alkyl halides is 3. The summed E-state index contributed by atoms with van der Waals surface area (Å²) in [6.45, 7) is 4.14. The van der Waals surface area contributed by atoms with Gasteiger partial charge in [0.1, 0.15) is 5.57 Å². The maximum atomic E-state index is 13.9. The van der Waals surface area contributed by atoms with Gasteiger partial charge in [-0.3, -0.25) is 14.5 Å². The van der Waals surface area contributed by atoms with Crippen LogP contribution in [0.4, 0.5) is 18.9 Å². The second-order valence-corrected chi connectivity index (χ2v) is 11.9. The van der Waals surface area contributed by atoms with Crippen LogP contribution in [0.3, 0.4) is 0 Å². The smallest absolute Gasteiger partial charge is 0.449 e. The molecule has 1 fully saturated rings. The van der Waals surface area contributed by atoms with E-state index in [-0.39, 0.29) is 6.42 Å². The Balaban J connectivity index is 1.53. The number of halogens is 3. The number of benzene rings is 3. The van der Waals surface area contributed by atoms with Gasteiger partial charge in [0, 0.05) is 21.2 Å². The van der Waals surface area contributed by atoms with Crippen molar-refractivity contribution < 1.29 is 27.9 Å². The first-order valence-corrected chi connectivity index (χ1v) is 13.7. The summed E-state index contributed by atoms with van der Waals surface area (Å²) in [5.41, 5.74) is 3.17. The summed E-state index contributed by atoms with van der Waals surface area (Å²) in [4.78, 5) is 28.7. The van der Waals surface area contributed by atoms with Gasteiger partial charge >= 0.3 is 6.18 Å². The van der Waals surface area contributed by atoms with Gasteiger partial charge in [0.2, 0.25) is 5.76 Å². The molecule has 7 rings (SSSR count). The zero-order chi connectivity index (χ0) is 28.1. The average Bonchev–Trinajstić information content (AvgIpc) is 3.41. The van der Waals surface area contributed by atoms with E-state index < -0.39 is 40.5 Å². The van der Waals surface area contributed by atoms with E-state index in [0.717, 1.165) is 37.6 Å². The quantitative estimate of drug-likeness (QED) is 0.175. The molecule has 3 aromatic carbocycles. The number of ketones is 1. The van der Waals surface area contributed by atoms with E-state index in [2.05, 4.69) is 13.8 Å². The van der Waals surface area contributed by atoms with Crippen LogP contribution in [0.1, 0.15) is 31.4 Å². The van der Waals surface area contributed by atoms with Crippen molar-refractivity contribution in [3.63, 3.8) is 0 Å². The molecule has 1 aromatic heterocycles. The average molecular weight is 558 g/mol. The lowest BCUT2D eigenvalue weighted by Gasteiger charge is -2.37. The van der Waals surface area contributed by atoms with Crippen LogP contribution in [-0.2, 0) is 15.0 Å². The molecule has 1 N–H and O–H groups in total. The second-order valence-electron chi connectivity index (χ2n) is 10.8. The normalized spacial score (nSPS) is 20.6. The number of aliphatic hydroxyl groups excluding tert-OH is 1. The number of thiophene rings is 1. The minimum Gasteiger partial charge on any atom is -0.504 e. The molecule has 200 valence electrons. The topological polar surface area (TPSA) is 57.6 Å². The minimum atomic E-state index is -5.24. The molecule has 4 nitrogen and oxygen atoms in total. The second kappa shape index (κ2) is 8.17. The van der Waals surface area contributed by atoms with Gasteiger partial charge < -0.3 is 5.11 Å². The summed E-state index contributed by atoms with van der Waals surface area (Å²) in [7, 11) is 0. The number of hydrogen-bond acceptors (Lipinski definition) is 4.